The van der Waals surface area contributed by atoms with Crippen molar-refractivity contribution in [2.45, 2.75) is 11.5 Å². The Labute approximate surface area is 122 Å². The molecule has 0 saturated heterocycles. The molecule has 4 nitrogen and oxygen atoms in total. The summed E-state index contributed by atoms with van der Waals surface area (Å²) in [5.74, 6) is 0.904. The van der Waals surface area contributed by atoms with Crippen LogP contribution >= 0.6 is 11.6 Å². The third-order valence-corrected chi connectivity index (χ3v) is 4.20. The molecule has 6 heteroatoms. The summed E-state index contributed by atoms with van der Waals surface area (Å²) in [5.41, 5.74) is 0.487. The Bertz CT molecular complexity index is 708. The zero-order chi connectivity index (χ0) is 14.8. The summed E-state index contributed by atoms with van der Waals surface area (Å²) in [6.45, 7) is -0.240. The maximum atomic E-state index is 11.4. The first-order chi connectivity index (χ1) is 9.41. The Hall–Kier alpha value is -1.56. The first-order valence-electron chi connectivity index (χ1n) is 5.78. The Morgan fingerprint density at radius 1 is 1.15 bits per heavy atom. The van der Waals surface area contributed by atoms with Gasteiger partial charge in [0.05, 0.1) is 11.5 Å². The van der Waals surface area contributed by atoms with Gasteiger partial charge in [0.1, 0.15) is 11.5 Å². The molecule has 0 atom stereocenters. The smallest absolute Gasteiger partial charge is 0.175 e. The van der Waals surface area contributed by atoms with E-state index in [2.05, 4.69) is 0 Å². The Balaban J connectivity index is 2.29. The highest BCUT2D eigenvalue weighted by Crippen LogP contribution is 2.30. The summed E-state index contributed by atoms with van der Waals surface area (Å²) in [4.78, 5) is 0.221. The topological polar surface area (TPSA) is 63.6 Å². The molecule has 0 saturated carbocycles. The van der Waals surface area contributed by atoms with Gasteiger partial charge >= 0.3 is 0 Å². The van der Waals surface area contributed by atoms with E-state index >= 15 is 0 Å². The summed E-state index contributed by atoms with van der Waals surface area (Å²) >= 11 is 5.96. The summed E-state index contributed by atoms with van der Waals surface area (Å²) in [7, 11) is -3.23. The summed E-state index contributed by atoms with van der Waals surface area (Å²) in [6, 6.07) is 11.1. The van der Waals surface area contributed by atoms with Crippen molar-refractivity contribution in [1.82, 2.24) is 0 Å². The molecule has 0 radical (unpaired) electrons. The van der Waals surface area contributed by atoms with Gasteiger partial charge in [0.25, 0.3) is 0 Å². The van der Waals surface area contributed by atoms with E-state index in [4.69, 9.17) is 16.3 Å². The molecule has 0 amide bonds. The molecule has 0 aliphatic rings. The fourth-order valence-corrected chi connectivity index (χ4v) is 2.53. The van der Waals surface area contributed by atoms with Crippen LogP contribution in [0.1, 0.15) is 5.56 Å². The summed E-state index contributed by atoms with van der Waals surface area (Å²) in [6.07, 6.45) is 1.14. The number of aliphatic hydroxyl groups is 1. The molecule has 0 heterocycles. The molecule has 0 unspecified atom stereocenters. The lowest BCUT2D eigenvalue weighted by Gasteiger charge is -2.11. The third-order valence-electron chi connectivity index (χ3n) is 2.71. The number of aliphatic hydroxyl groups excluding tert-OH is 1. The van der Waals surface area contributed by atoms with Gasteiger partial charge in [0.15, 0.2) is 9.84 Å². The minimum absolute atomic E-state index is 0.221. The molecule has 2 rings (SSSR count). The van der Waals surface area contributed by atoms with Gasteiger partial charge in [-0.25, -0.2) is 8.42 Å². The first-order valence-corrected chi connectivity index (χ1v) is 8.05. The van der Waals surface area contributed by atoms with Gasteiger partial charge in [0.2, 0.25) is 0 Å². The molecule has 1 N–H and O–H groups in total. The molecule has 0 aliphatic heterocycles. The highest BCUT2D eigenvalue weighted by atomic mass is 35.5. The molecular formula is C14H13ClO4S. The van der Waals surface area contributed by atoms with Gasteiger partial charge in [-0.1, -0.05) is 17.7 Å². The Morgan fingerprint density at radius 3 is 2.35 bits per heavy atom. The van der Waals surface area contributed by atoms with Crippen LogP contribution in [0.15, 0.2) is 47.4 Å². The van der Waals surface area contributed by atoms with Gasteiger partial charge in [0, 0.05) is 16.8 Å². The Morgan fingerprint density at radius 2 is 1.80 bits per heavy atom. The average Bonchev–Trinajstić information content (AvgIpc) is 2.38. The van der Waals surface area contributed by atoms with Crippen LogP contribution in [0.2, 0.25) is 5.02 Å². The van der Waals surface area contributed by atoms with E-state index in [0.29, 0.717) is 22.1 Å². The number of halogens is 1. The van der Waals surface area contributed by atoms with E-state index in [1.54, 1.807) is 30.3 Å². The van der Waals surface area contributed by atoms with Crippen molar-refractivity contribution in [2.24, 2.45) is 0 Å². The molecule has 2 aromatic carbocycles. The van der Waals surface area contributed by atoms with Gasteiger partial charge in [-0.3, -0.25) is 0 Å². The molecule has 2 aromatic rings. The second-order valence-electron chi connectivity index (χ2n) is 4.22. The third kappa shape index (κ3) is 3.30. The molecular weight excluding hydrogens is 300 g/mol. The first kappa shape index (κ1) is 14.8. The van der Waals surface area contributed by atoms with Crippen molar-refractivity contribution < 1.29 is 18.3 Å². The minimum Gasteiger partial charge on any atom is -0.457 e. The SMILES string of the molecule is CS(=O)(=O)c1ccc(Oc2cccc(Cl)c2CO)cc1. The second kappa shape index (κ2) is 5.83. The quantitative estimate of drug-likeness (QED) is 0.942. The lowest BCUT2D eigenvalue weighted by molar-refractivity contribution is 0.276. The normalized spacial score (nSPS) is 11.3. The van der Waals surface area contributed by atoms with Crippen LogP contribution < -0.4 is 4.74 Å². The zero-order valence-electron chi connectivity index (χ0n) is 10.7. The van der Waals surface area contributed by atoms with Crippen LogP contribution in [0.3, 0.4) is 0 Å². The van der Waals surface area contributed by atoms with E-state index in [-0.39, 0.29) is 11.5 Å². The van der Waals surface area contributed by atoms with Crippen molar-refractivity contribution in [1.29, 1.82) is 0 Å². The Kier molecular flexibility index (Phi) is 4.32. The van der Waals surface area contributed by atoms with E-state index in [1.165, 1.54) is 12.1 Å². The fraction of sp³-hybridized carbons (Fsp3) is 0.143. The largest absolute Gasteiger partial charge is 0.457 e. The van der Waals surface area contributed by atoms with E-state index in [9.17, 15) is 13.5 Å². The maximum absolute atomic E-state index is 11.4. The van der Waals surface area contributed by atoms with Crippen molar-refractivity contribution in [3.63, 3.8) is 0 Å². The van der Waals surface area contributed by atoms with Crippen molar-refractivity contribution in [3.05, 3.63) is 53.1 Å². The number of sulfone groups is 1. The van der Waals surface area contributed by atoms with Crippen molar-refractivity contribution in [3.8, 4) is 11.5 Å². The van der Waals surface area contributed by atoms with E-state index in [0.717, 1.165) is 6.26 Å². The van der Waals surface area contributed by atoms with Crippen LogP contribution in [0, 0.1) is 0 Å². The monoisotopic (exact) mass is 312 g/mol. The summed E-state index contributed by atoms with van der Waals surface area (Å²) in [5, 5.41) is 9.70. The molecule has 20 heavy (non-hydrogen) atoms. The van der Waals surface area contributed by atoms with Crippen LogP contribution in [-0.2, 0) is 16.4 Å². The maximum Gasteiger partial charge on any atom is 0.175 e. The number of hydrogen-bond donors (Lipinski definition) is 1. The van der Waals surface area contributed by atoms with Gasteiger partial charge < -0.3 is 9.84 Å². The predicted octanol–water partition coefficient (Wildman–Crippen LogP) is 3.03. The van der Waals surface area contributed by atoms with Crippen LogP contribution in [0.25, 0.3) is 0 Å². The number of rotatable bonds is 4. The molecule has 0 aliphatic carbocycles. The van der Waals surface area contributed by atoms with Gasteiger partial charge in [-0.2, -0.15) is 0 Å². The van der Waals surface area contributed by atoms with Crippen LogP contribution in [0.5, 0.6) is 11.5 Å². The van der Waals surface area contributed by atoms with E-state index in [1.807, 2.05) is 0 Å². The number of hydrogen-bond acceptors (Lipinski definition) is 4. The van der Waals surface area contributed by atoms with Gasteiger partial charge in [-0.05, 0) is 36.4 Å². The molecule has 0 fully saturated rings. The number of ether oxygens (including phenoxy) is 1. The van der Waals surface area contributed by atoms with E-state index < -0.39 is 9.84 Å². The minimum atomic E-state index is -3.23. The molecule has 106 valence electrons. The van der Waals surface area contributed by atoms with Gasteiger partial charge in [-0.15, -0.1) is 0 Å². The van der Waals surface area contributed by atoms with Crippen molar-refractivity contribution in [2.75, 3.05) is 6.26 Å². The lowest BCUT2D eigenvalue weighted by Crippen LogP contribution is -1.97. The second-order valence-corrected chi connectivity index (χ2v) is 6.64. The number of benzene rings is 2. The molecule has 0 aromatic heterocycles. The van der Waals surface area contributed by atoms with Crippen LogP contribution in [0.4, 0.5) is 0 Å². The zero-order valence-corrected chi connectivity index (χ0v) is 12.3. The predicted molar refractivity (Wildman–Crippen MR) is 77.0 cm³/mol. The average molecular weight is 313 g/mol. The standard InChI is InChI=1S/C14H13ClO4S/c1-20(17,18)11-7-5-10(6-8-11)19-14-4-2-3-13(15)12(14)9-16/h2-8,16H,9H2,1H3. The molecule has 0 spiro atoms. The van der Waals surface area contributed by atoms with Crippen LogP contribution in [-0.4, -0.2) is 19.8 Å². The summed E-state index contributed by atoms with van der Waals surface area (Å²) < 4.78 is 28.3. The fourth-order valence-electron chi connectivity index (χ4n) is 1.67. The lowest BCUT2D eigenvalue weighted by atomic mass is 10.2. The highest BCUT2D eigenvalue weighted by Gasteiger charge is 2.10. The highest BCUT2D eigenvalue weighted by molar-refractivity contribution is 7.90. The van der Waals surface area contributed by atoms with Crippen molar-refractivity contribution >= 4 is 21.4 Å². The molecule has 0 bridgehead atoms.